The van der Waals surface area contributed by atoms with Crippen LogP contribution in [0.15, 0.2) is 0 Å². The van der Waals surface area contributed by atoms with E-state index in [0.29, 0.717) is 0 Å². The third-order valence-electron chi connectivity index (χ3n) is 0. The molecule has 5 heteroatoms. The summed E-state index contributed by atoms with van der Waals surface area (Å²) in [5.74, 6) is 0. The van der Waals surface area contributed by atoms with Gasteiger partial charge < -0.3 is 5.73 Å². The average molecular weight is 982 g/mol. The molecule has 0 aromatic heterocycles. The van der Waals surface area contributed by atoms with Gasteiger partial charge in [-0.2, -0.15) is 7.05 Å². The van der Waals surface area contributed by atoms with Gasteiger partial charge in [0.15, 0.2) is 0 Å². The predicted octanol–water partition coefficient (Wildman–Crippen LogP) is 0.668. The summed E-state index contributed by atoms with van der Waals surface area (Å²) in [5, 5.41) is 0. The number of hydrogen-bond donors (Lipinski definition) is 0. The van der Waals surface area contributed by atoms with Gasteiger partial charge in [-0.25, -0.2) is 0 Å². The Bertz CT molecular complexity index is 7.51. The summed E-state index contributed by atoms with van der Waals surface area (Å²) in [7, 11) is 1.25. The van der Waals surface area contributed by atoms with Crippen molar-refractivity contribution in [1.82, 2.24) is 0 Å². The molecular weight excluding hydrogens is 978 g/mol. The first-order valence-electron chi connectivity index (χ1n) is 0.500. The maximum atomic E-state index is 5.75. The summed E-state index contributed by atoms with van der Waals surface area (Å²) < 4.78 is 0. The summed E-state index contributed by atoms with van der Waals surface area (Å²) in [6, 6.07) is 0. The summed E-state index contributed by atoms with van der Waals surface area (Å²) >= 11 is 0. The molecule has 6 heavy (non-hydrogen) atoms. The molecule has 0 unspecified atom stereocenters. The fraction of sp³-hybridized carbons (Fsp3) is 1.00. The van der Waals surface area contributed by atoms with E-state index in [2.05, 4.69) is 0 Å². The summed E-state index contributed by atoms with van der Waals surface area (Å²) in [6.07, 6.45) is 0. The van der Waals surface area contributed by atoms with E-state index in [9.17, 15) is 0 Å². The van der Waals surface area contributed by atoms with Gasteiger partial charge in [0.2, 0.25) is 0 Å². The van der Waals surface area contributed by atoms with Gasteiger partial charge in [-0.15, -0.1) is 0 Å². The van der Waals surface area contributed by atoms with E-state index in [-0.39, 0.29) is 124 Å². The van der Waals surface area contributed by atoms with Crippen LogP contribution in [0.4, 0.5) is 0 Å². The van der Waals surface area contributed by atoms with Gasteiger partial charge >= 0.3 is 0 Å². The van der Waals surface area contributed by atoms with E-state index in [1.807, 2.05) is 0 Å². The molecule has 0 atom stereocenters. The van der Waals surface area contributed by atoms with E-state index < -0.39 is 0 Å². The van der Waals surface area contributed by atoms with E-state index in [4.69, 9.17) is 5.73 Å². The van der Waals surface area contributed by atoms with Crippen molar-refractivity contribution in [2.45, 2.75) is 0 Å². The van der Waals surface area contributed by atoms with E-state index in [1.54, 1.807) is 0 Å². The Morgan fingerprint density at radius 3 is 0.667 bits per heavy atom. The van der Waals surface area contributed by atoms with Crippen molar-refractivity contribution < 1.29 is 124 Å². The summed E-state index contributed by atoms with van der Waals surface area (Å²) in [6.45, 7) is 0. The number of nitrogens with one attached hydrogen (secondary N) is 1. The topological polar surface area (TPSA) is 23.8 Å². The predicted molar refractivity (Wildman–Crippen MR) is 10.2 cm³/mol. The molecule has 30 valence electrons. The molecule has 0 heterocycles. The number of hydrogen-bond acceptors (Lipinski definition) is 0. The summed E-state index contributed by atoms with van der Waals surface area (Å²) in [5.41, 5.74) is 5.75. The molecule has 0 fully saturated rings. The van der Waals surface area contributed by atoms with Gasteiger partial charge in [0, 0.05) is 124 Å². The Morgan fingerprint density at radius 1 is 0.667 bits per heavy atom. The molecule has 0 amide bonds. The van der Waals surface area contributed by atoms with Crippen molar-refractivity contribution in [3.8, 4) is 0 Å². The quantitative estimate of drug-likeness (QED) is 0.342. The third-order valence-corrected chi connectivity index (χ3v) is 0. The fourth-order valence-electron chi connectivity index (χ4n) is 0. The average Bonchev–Trinajstić information content (AvgIpc) is 1.00. The molecule has 0 aliphatic rings. The summed E-state index contributed by atoms with van der Waals surface area (Å²) in [4.78, 5) is 0. The fourth-order valence-corrected chi connectivity index (χ4v) is 0. The zero-order valence-corrected chi connectivity index (χ0v) is 20.2. The second-order valence-electron chi connectivity index (χ2n) is 0. The molecule has 0 saturated carbocycles. The van der Waals surface area contributed by atoms with Crippen molar-refractivity contribution >= 4 is 0 Å². The van der Waals surface area contributed by atoms with Crippen LogP contribution in [0.5, 0.6) is 0 Å². The second-order valence-corrected chi connectivity index (χ2v) is 0. The van der Waals surface area contributed by atoms with Crippen molar-refractivity contribution in [3.63, 3.8) is 0 Å². The van der Waals surface area contributed by atoms with E-state index >= 15 is 0 Å². The Morgan fingerprint density at radius 2 is 0.667 bits per heavy atom. The molecule has 0 saturated heterocycles. The van der Waals surface area contributed by atoms with Gasteiger partial charge in [0.25, 0.3) is 0 Å². The zero-order valence-electron chi connectivity index (χ0n) is 3.50. The third kappa shape index (κ3) is 24.2. The van der Waals surface area contributed by atoms with Crippen molar-refractivity contribution in [3.05, 3.63) is 5.73 Å². The smallest absolute Gasteiger partial charge is 0 e. The van der Waals surface area contributed by atoms with Crippen LogP contribution >= 0.6 is 0 Å². The molecule has 0 aliphatic carbocycles. The van der Waals surface area contributed by atoms with Crippen LogP contribution in [0.2, 0.25) is 0 Å². The van der Waals surface area contributed by atoms with Gasteiger partial charge in [-0.1, -0.05) is 0 Å². The van der Waals surface area contributed by atoms with Crippen LogP contribution in [0.3, 0.4) is 0 Å². The monoisotopic (exact) mass is 982 g/mol. The van der Waals surface area contributed by atoms with Crippen LogP contribution in [-0.4, -0.2) is 7.05 Å². The van der Waals surface area contributed by atoms with E-state index in [1.165, 1.54) is 7.05 Å². The van der Waals surface area contributed by atoms with Crippen LogP contribution in [0, 0.1) is 124 Å². The normalized spacial score (nSPS) is 1.00. The van der Waals surface area contributed by atoms with E-state index in [0.717, 1.165) is 0 Å². The molecule has 1 nitrogen and oxygen atoms in total. The molecule has 1 N–H and O–H groups in total. The molecule has 0 rings (SSSR count). The molecule has 0 aromatic rings. The van der Waals surface area contributed by atoms with Crippen molar-refractivity contribution in [2.24, 2.45) is 0 Å². The first kappa shape index (κ1) is 32.0. The minimum absolute atomic E-state index is 0. The molecular formula is CH4NU4-. The Kier molecular flexibility index (Phi) is 188. The van der Waals surface area contributed by atoms with Crippen LogP contribution < -0.4 is 0 Å². The Labute approximate surface area is 134 Å². The minimum Gasteiger partial charge on any atom is -0.680 e. The maximum Gasteiger partial charge on any atom is 0 e. The molecule has 0 radical (unpaired) electrons. The van der Waals surface area contributed by atoms with Gasteiger partial charge in [0.05, 0.1) is 0 Å². The van der Waals surface area contributed by atoms with Crippen LogP contribution in [0.25, 0.3) is 5.73 Å². The maximum absolute atomic E-state index is 5.75. The standard InChI is InChI=1S/CH4N.4U/c1-2;;;;/h2H,1H3;;;;/q-1;;;;. The SMILES string of the molecule is C[NH-].[U].[U].[U].[U]. The van der Waals surface area contributed by atoms with Crippen LogP contribution in [-0.2, 0) is 0 Å². The molecule has 0 aliphatic heterocycles. The molecule has 0 spiro atoms. The Balaban J connectivity index is -0.000000000833. The van der Waals surface area contributed by atoms with Gasteiger partial charge in [-0.05, 0) is 0 Å². The largest absolute Gasteiger partial charge is 0.680 e. The first-order valence-corrected chi connectivity index (χ1v) is 0.500. The second kappa shape index (κ2) is 35.2. The van der Waals surface area contributed by atoms with Gasteiger partial charge in [-0.3, -0.25) is 0 Å². The number of rotatable bonds is 0. The zero-order chi connectivity index (χ0) is 2.00. The molecule has 0 aromatic carbocycles. The molecule has 0 bridgehead atoms. The Hall–Kier alpha value is 4.17. The van der Waals surface area contributed by atoms with Crippen LogP contribution in [0.1, 0.15) is 0 Å². The van der Waals surface area contributed by atoms with Crippen molar-refractivity contribution in [1.29, 1.82) is 0 Å². The van der Waals surface area contributed by atoms with Crippen molar-refractivity contribution in [2.75, 3.05) is 7.05 Å². The minimum atomic E-state index is 0. The van der Waals surface area contributed by atoms with Gasteiger partial charge in [0.1, 0.15) is 0 Å². The first-order chi connectivity index (χ1) is 1.00.